The van der Waals surface area contributed by atoms with Crippen molar-refractivity contribution in [1.82, 2.24) is 24.9 Å². The Morgan fingerprint density at radius 3 is 3.06 bits per heavy atom. The highest BCUT2D eigenvalue weighted by Gasteiger charge is 2.23. The van der Waals surface area contributed by atoms with E-state index in [1.54, 1.807) is 23.0 Å². The Kier molecular flexibility index (Phi) is 4.87. The number of aromatic nitrogens is 4. The number of pyridine rings is 1. The van der Waals surface area contributed by atoms with Crippen LogP contribution in [0.1, 0.15) is 19.8 Å². The van der Waals surface area contributed by atoms with E-state index >= 15 is 0 Å². The molecule has 2 fully saturated rings. The lowest BCUT2D eigenvalue weighted by Crippen LogP contribution is -2.41. The Morgan fingerprint density at radius 1 is 1.27 bits per heavy atom. The molecule has 6 rings (SSSR count). The van der Waals surface area contributed by atoms with Crippen molar-refractivity contribution in [2.24, 2.45) is 0 Å². The third-order valence-corrected chi connectivity index (χ3v) is 6.07. The number of fused-ring (bicyclic) bond motifs is 2. The van der Waals surface area contributed by atoms with Crippen molar-refractivity contribution in [2.45, 2.75) is 31.9 Å². The minimum atomic E-state index is 0.0152. The van der Waals surface area contributed by atoms with Gasteiger partial charge < -0.3 is 24.1 Å². The molecule has 4 aromatic heterocycles. The summed E-state index contributed by atoms with van der Waals surface area (Å²) in [6.45, 7) is 4.69. The normalized spacial score (nSPS) is 21.1. The molecular formula is C23H24N6O4. The van der Waals surface area contributed by atoms with Crippen LogP contribution in [0.5, 0.6) is 5.88 Å². The van der Waals surface area contributed by atoms with Gasteiger partial charge >= 0.3 is 0 Å². The second-order valence-electron chi connectivity index (χ2n) is 8.48. The molecule has 4 aromatic rings. The molecule has 2 atom stereocenters. The minimum absolute atomic E-state index is 0.0152. The summed E-state index contributed by atoms with van der Waals surface area (Å²) in [4.78, 5) is 22.7. The number of morpholine rings is 1. The zero-order valence-electron chi connectivity index (χ0n) is 18.2. The number of amides is 1. The first-order chi connectivity index (χ1) is 16.1. The number of hydrogen-bond donors (Lipinski definition) is 1. The fourth-order valence-electron chi connectivity index (χ4n) is 4.43. The van der Waals surface area contributed by atoms with Crippen LogP contribution in [-0.4, -0.2) is 63.9 Å². The fourth-order valence-corrected chi connectivity index (χ4v) is 4.43. The first-order valence-corrected chi connectivity index (χ1v) is 11.2. The maximum Gasteiger partial charge on any atom is 0.231 e. The summed E-state index contributed by atoms with van der Waals surface area (Å²) in [7, 11) is 0. The molecule has 0 saturated carbocycles. The molecule has 0 bridgehead atoms. The van der Waals surface area contributed by atoms with Crippen LogP contribution in [0.4, 0.5) is 5.82 Å². The molecule has 2 aliphatic heterocycles. The largest absolute Gasteiger partial charge is 0.474 e. The lowest BCUT2D eigenvalue weighted by atomic mass is 10.2. The number of nitrogens with zero attached hydrogens (tertiary/aromatic N) is 5. The monoisotopic (exact) mass is 448 g/mol. The van der Waals surface area contributed by atoms with Gasteiger partial charge in [0, 0.05) is 31.8 Å². The van der Waals surface area contributed by atoms with Gasteiger partial charge in [-0.15, -0.1) is 5.10 Å². The number of hydrogen-bond acceptors (Lipinski definition) is 8. The van der Waals surface area contributed by atoms with Crippen molar-refractivity contribution < 1.29 is 18.7 Å². The second kappa shape index (κ2) is 8.04. The summed E-state index contributed by atoms with van der Waals surface area (Å²) in [5.74, 6) is 2.07. The molecule has 33 heavy (non-hydrogen) atoms. The van der Waals surface area contributed by atoms with Crippen molar-refractivity contribution in [3.05, 3.63) is 36.7 Å². The van der Waals surface area contributed by atoms with E-state index < -0.39 is 0 Å². The van der Waals surface area contributed by atoms with Crippen LogP contribution in [-0.2, 0) is 9.53 Å². The van der Waals surface area contributed by atoms with Crippen molar-refractivity contribution in [1.29, 1.82) is 0 Å². The fraction of sp³-hybridized carbons (Fsp3) is 0.391. The van der Waals surface area contributed by atoms with Crippen LogP contribution in [0, 0.1) is 0 Å². The van der Waals surface area contributed by atoms with Gasteiger partial charge in [-0.2, -0.15) is 0 Å². The minimum Gasteiger partial charge on any atom is -0.474 e. The summed E-state index contributed by atoms with van der Waals surface area (Å²) < 4.78 is 19.4. The molecule has 10 nitrogen and oxygen atoms in total. The number of nitrogens with one attached hydrogen (secondary N) is 1. The Hall–Kier alpha value is -3.66. The molecule has 0 spiro atoms. The van der Waals surface area contributed by atoms with Crippen LogP contribution in [0.3, 0.4) is 0 Å². The number of anilines is 1. The molecule has 1 N–H and O–H groups in total. The Labute approximate surface area is 189 Å². The number of imidazole rings is 1. The molecule has 0 aromatic carbocycles. The van der Waals surface area contributed by atoms with E-state index in [1.807, 2.05) is 18.2 Å². The van der Waals surface area contributed by atoms with E-state index in [0.717, 1.165) is 42.0 Å². The molecule has 0 aliphatic carbocycles. The third-order valence-electron chi connectivity index (χ3n) is 6.07. The van der Waals surface area contributed by atoms with E-state index in [2.05, 4.69) is 32.2 Å². The van der Waals surface area contributed by atoms with Crippen molar-refractivity contribution in [3.8, 4) is 17.3 Å². The summed E-state index contributed by atoms with van der Waals surface area (Å²) >= 11 is 0. The predicted octanol–water partition coefficient (Wildman–Crippen LogP) is 2.42. The third kappa shape index (κ3) is 3.76. The van der Waals surface area contributed by atoms with Crippen LogP contribution in [0.2, 0.25) is 0 Å². The average Bonchev–Trinajstić information content (AvgIpc) is 3.54. The highest BCUT2D eigenvalue weighted by Crippen LogP contribution is 2.33. The van der Waals surface area contributed by atoms with Gasteiger partial charge in [-0.05, 0) is 31.5 Å². The Morgan fingerprint density at radius 2 is 2.21 bits per heavy atom. The quantitative estimate of drug-likeness (QED) is 0.496. The van der Waals surface area contributed by atoms with Gasteiger partial charge in [-0.25, -0.2) is 14.5 Å². The van der Waals surface area contributed by atoms with Crippen molar-refractivity contribution in [2.75, 3.05) is 31.2 Å². The van der Waals surface area contributed by atoms with Crippen LogP contribution in [0.25, 0.3) is 28.1 Å². The van der Waals surface area contributed by atoms with E-state index in [-0.39, 0.29) is 18.1 Å². The van der Waals surface area contributed by atoms with Crippen LogP contribution >= 0.6 is 0 Å². The number of rotatable bonds is 5. The van der Waals surface area contributed by atoms with E-state index in [9.17, 15) is 4.79 Å². The SMILES string of the molecule is C[C@H]1CN(c2nccc3oc(-c4cnc5ccc(OC[C@@H]6CCC(=O)N6)nn45)cc23)CCO1. The molecule has 0 radical (unpaired) electrons. The second-order valence-corrected chi connectivity index (χ2v) is 8.48. The maximum atomic E-state index is 11.4. The number of furan rings is 1. The van der Waals surface area contributed by atoms with Gasteiger partial charge in [0.25, 0.3) is 0 Å². The van der Waals surface area contributed by atoms with Crippen LogP contribution in [0.15, 0.2) is 41.1 Å². The summed E-state index contributed by atoms with van der Waals surface area (Å²) in [5, 5.41) is 8.45. The average molecular weight is 448 g/mol. The topological polar surface area (TPSA) is 107 Å². The maximum absolute atomic E-state index is 11.4. The smallest absolute Gasteiger partial charge is 0.231 e. The lowest BCUT2D eigenvalue weighted by Gasteiger charge is -2.32. The molecular weight excluding hydrogens is 424 g/mol. The van der Waals surface area contributed by atoms with Gasteiger partial charge in [-0.3, -0.25) is 4.79 Å². The number of ether oxygens (including phenoxy) is 2. The summed E-state index contributed by atoms with van der Waals surface area (Å²) in [5.41, 5.74) is 2.17. The first-order valence-electron chi connectivity index (χ1n) is 11.2. The van der Waals surface area contributed by atoms with E-state index in [0.29, 0.717) is 36.9 Å². The molecule has 0 unspecified atom stereocenters. The van der Waals surface area contributed by atoms with Gasteiger partial charge in [0.15, 0.2) is 11.4 Å². The van der Waals surface area contributed by atoms with Crippen molar-refractivity contribution >= 4 is 28.3 Å². The van der Waals surface area contributed by atoms with Crippen molar-refractivity contribution in [3.63, 3.8) is 0 Å². The molecule has 2 saturated heterocycles. The molecule has 170 valence electrons. The van der Waals surface area contributed by atoms with E-state index in [4.69, 9.17) is 13.9 Å². The number of carbonyl (C=O) groups excluding carboxylic acids is 1. The molecule has 6 heterocycles. The Balaban J connectivity index is 1.31. The highest BCUT2D eigenvalue weighted by molar-refractivity contribution is 5.92. The summed E-state index contributed by atoms with van der Waals surface area (Å²) in [6, 6.07) is 7.51. The number of carbonyl (C=O) groups is 1. The zero-order valence-corrected chi connectivity index (χ0v) is 18.2. The van der Waals surface area contributed by atoms with Gasteiger partial charge in [-0.1, -0.05) is 0 Å². The lowest BCUT2D eigenvalue weighted by molar-refractivity contribution is -0.119. The van der Waals surface area contributed by atoms with E-state index in [1.165, 1.54) is 0 Å². The van der Waals surface area contributed by atoms with Crippen LogP contribution < -0.4 is 15.0 Å². The Bertz CT molecular complexity index is 1330. The molecule has 2 aliphatic rings. The summed E-state index contributed by atoms with van der Waals surface area (Å²) in [6.07, 6.45) is 4.98. The molecule has 1 amide bonds. The van der Waals surface area contributed by atoms with Gasteiger partial charge in [0.1, 0.15) is 23.7 Å². The van der Waals surface area contributed by atoms with Gasteiger partial charge in [0.05, 0.1) is 30.3 Å². The van der Waals surface area contributed by atoms with Gasteiger partial charge in [0.2, 0.25) is 11.8 Å². The highest BCUT2D eigenvalue weighted by atomic mass is 16.5. The molecule has 10 heteroatoms. The standard InChI is InChI=1S/C23H24N6O4/c1-14-12-28(8-9-31-14)23-16-10-19(33-18(16)6-7-24-23)17-11-25-20-3-5-22(27-29(17)20)32-13-15-2-4-21(30)26-15/h3,5-7,10-11,14-15H,2,4,8-9,12-13H2,1H3,(H,26,30)/t14-,15-/m0/s1. The zero-order chi connectivity index (χ0) is 22.4. The first kappa shape index (κ1) is 20.0. The predicted molar refractivity (Wildman–Crippen MR) is 120 cm³/mol.